The maximum absolute atomic E-state index is 13.9. The molecule has 0 unspecified atom stereocenters. The minimum absolute atomic E-state index is 0.0348. The number of esters is 1. The van der Waals surface area contributed by atoms with E-state index in [1.807, 2.05) is 30.3 Å². The number of rotatable bonds is 8. The van der Waals surface area contributed by atoms with Gasteiger partial charge in [-0.3, -0.25) is 19.1 Å². The van der Waals surface area contributed by atoms with Gasteiger partial charge >= 0.3 is 5.97 Å². The maximum Gasteiger partial charge on any atom is 0.347 e. The first kappa shape index (κ1) is 26.6. The maximum atomic E-state index is 13.9. The van der Waals surface area contributed by atoms with E-state index in [0.717, 1.165) is 11.1 Å². The molecule has 0 radical (unpaired) electrons. The normalized spacial score (nSPS) is 11.9. The van der Waals surface area contributed by atoms with E-state index in [4.69, 9.17) is 14.2 Å². The molecule has 9 nitrogen and oxygen atoms in total. The smallest absolute Gasteiger partial charge is 0.347 e. The molecule has 0 saturated carbocycles. The van der Waals surface area contributed by atoms with Crippen LogP contribution in [0.5, 0.6) is 11.5 Å². The number of nitrogens with zero attached hydrogens (tertiary/aromatic N) is 3. The third-order valence-electron chi connectivity index (χ3n) is 6.28. The summed E-state index contributed by atoms with van der Waals surface area (Å²) in [4.78, 5) is 45.8. The highest BCUT2D eigenvalue weighted by atomic mass is 19.1. The average Bonchev–Trinajstić information content (AvgIpc) is 2.95. The van der Waals surface area contributed by atoms with Crippen LogP contribution in [-0.2, 0) is 22.6 Å². The molecule has 0 bridgehead atoms. The fourth-order valence-electron chi connectivity index (χ4n) is 4.36. The number of amides is 1. The van der Waals surface area contributed by atoms with Crippen LogP contribution in [0.15, 0.2) is 71.3 Å². The predicted molar refractivity (Wildman–Crippen MR) is 146 cm³/mol. The molecular formula is C30H26FN3O6. The molecule has 10 heteroatoms. The van der Waals surface area contributed by atoms with Crippen molar-refractivity contribution in [3.63, 3.8) is 0 Å². The van der Waals surface area contributed by atoms with Crippen molar-refractivity contribution < 1.29 is 28.2 Å². The van der Waals surface area contributed by atoms with Crippen molar-refractivity contribution >= 4 is 29.1 Å². The summed E-state index contributed by atoms with van der Waals surface area (Å²) < 4.78 is 32.1. The lowest BCUT2D eigenvalue weighted by Crippen LogP contribution is -2.32. The van der Waals surface area contributed by atoms with Gasteiger partial charge in [0.05, 0.1) is 12.8 Å². The summed E-state index contributed by atoms with van der Waals surface area (Å²) in [7, 11) is 3.11. The van der Waals surface area contributed by atoms with Crippen molar-refractivity contribution in [2.75, 3.05) is 20.7 Å². The topological polar surface area (TPSA) is 100.0 Å². The summed E-state index contributed by atoms with van der Waals surface area (Å²) in [6, 6.07) is 15.2. The zero-order valence-electron chi connectivity index (χ0n) is 22.1. The monoisotopic (exact) mass is 543 g/mol. The molecule has 0 spiro atoms. The minimum atomic E-state index is -0.875. The van der Waals surface area contributed by atoms with E-state index < -0.39 is 17.4 Å². The molecule has 0 atom stereocenters. The number of likely N-dealkylation sites (N-methyl/N-ethyl adjacent to an activating group) is 1. The molecule has 1 aliphatic rings. The van der Waals surface area contributed by atoms with Gasteiger partial charge in [-0.2, -0.15) is 0 Å². The van der Waals surface area contributed by atoms with Crippen LogP contribution in [0.2, 0.25) is 0 Å². The van der Waals surface area contributed by atoms with Crippen LogP contribution in [0.3, 0.4) is 0 Å². The van der Waals surface area contributed by atoms with E-state index >= 15 is 0 Å². The van der Waals surface area contributed by atoms with Gasteiger partial charge in [-0.25, -0.2) is 9.18 Å². The van der Waals surface area contributed by atoms with E-state index in [2.05, 4.69) is 4.98 Å². The fraction of sp³-hybridized carbons (Fsp3) is 0.200. The van der Waals surface area contributed by atoms with Crippen LogP contribution in [0, 0.1) is 5.82 Å². The van der Waals surface area contributed by atoms with Crippen molar-refractivity contribution in [1.82, 2.24) is 14.5 Å². The Balaban J connectivity index is 1.75. The van der Waals surface area contributed by atoms with Crippen molar-refractivity contribution in [2.45, 2.75) is 20.0 Å². The van der Waals surface area contributed by atoms with Gasteiger partial charge in [0.25, 0.3) is 11.5 Å². The van der Waals surface area contributed by atoms with Crippen LogP contribution in [0.25, 0.3) is 17.2 Å². The van der Waals surface area contributed by atoms with Gasteiger partial charge in [0.2, 0.25) is 5.76 Å². The van der Waals surface area contributed by atoms with Crippen LogP contribution >= 0.6 is 0 Å². The molecule has 0 aliphatic carbocycles. The van der Waals surface area contributed by atoms with Gasteiger partial charge in [-0.15, -0.1) is 0 Å². The quantitative estimate of drug-likeness (QED) is 0.308. The molecule has 3 heterocycles. The molecule has 1 aliphatic heterocycles. The zero-order chi connectivity index (χ0) is 28.4. The van der Waals surface area contributed by atoms with Gasteiger partial charge in [0.1, 0.15) is 23.5 Å². The predicted octanol–water partition coefficient (Wildman–Crippen LogP) is 4.16. The Morgan fingerprint density at radius 3 is 2.45 bits per heavy atom. The first-order valence-electron chi connectivity index (χ1n) is 12.6. The molecule has 0 saturated heterocycles. The highest BCUT2D eigenvalue weighted by Gasteiger charge is 2.32. The zero-order valence-corrected chi connectivity index (χ0v) is 22.1. The van der Waals surface area contributed by atoms with E-state index in [1.54, 1.807) is 33.2 Å². The Morgan fingerprint density at radius 2 is 1.77 bits per heavy atom. The number of carbonyl (C=O) groups is 2. The first-order chi connectivity index (χ1) is 19.3. The van der Waals surface area contributed by atoms with Crippen LogP contribution < -0.4 is 15.0 Å². The number of hydrogen-bond donors (Lipinski definition) is 0. The van der Waals surface area contributed by atoms with Crippen molar-refractivity contribution in [3.05, 3.63) is 105 Å². The Bertz CT molecular complexity index is 1700. The Hall–Kier alpha value is -4.99. The average molecular weight is 544 g/mol. The molecule has 0 N–H and O–H groups in total. The minimum Gasteiger partial charge on any atom is -0.485 e. The van der Waals surface area contributed by atoms with Gasteiger partial charge < -0.3 is 19.1 Å². The fourth-order valence-corrected chi connectivity index (χ4v) is 4.36. The van der Waals surface area contributed by atoms with Gasteiger partial charge in [-0.1, -0.05) is 42.5 Å². The molecule has 2 aromatic carbocycles. The lowest BCUT2D eigenvalue weighted by atomic mass is 10.0. The Morgan fingerprint density at radius 1 is 1.05 bits per heavy atom. The van der Waals surface area contributed by atoms with Crippen molar-refractivity contribution in [1.29, 1.82) is 0 Å². The summed E-state index contributed by atoms with van der Waals surface area (Å²) in [5.41, 5.74) is 1.44. The largest absolute Gasteiger partial charge is 0.485 e. The van der Waals surface area contributed by atoms with E-state index in [-0.39, 0.29) is 59.3 Å². The van der Waals surface area contributed by atoms with Crippen LogP contribution in [0.4, 0.5) is 4.39 Å². The third-order valence-corrected chi connectivity index (χ3v) is 6.28. The van der Waals surface area contributed by atoms with Crippen LogP contribution in [-0.4, -0.2) is 47.0 Å². The summed E-state index contributed by atoms with van der Waals surface area (Å²) in [5, 5.41) is 0. The number of pyridine rings is 2. The molecule has 204 valence electrons. The van der Waals surface area contributed by atoms with Gasteiger partial charge in [-0.05, 0) is 30.2 Å². The molecule has 5 rings (SSSR count). The van der Waals surface area contributed by atoms with Crippen molar-refractivity contribution in [3.8, 4) is 11.5 Å². The summed E-state index contributed by atoms with van der Waals surface area (Å²) in [6.07, 6.45) is 3.05. The molecule has 1 amide bonds. The number of halogens is 1. The lowest BCUT2D eigenvalue weighted by Gasteiger charge is -2.24. The summed E-state index contributed by atoms with van der Waals surface area (Å²) in [5.74, 6) is -1.70. The number of ether oxygens (including phenoxy) is 3. The molecular weight excluding hydrogens is 517 g/mol. The lowest BCUT2D eigenvalue weighted by molar-refractivity contribution is -0.126. The Labute approximate surface area is 229 Å². The number of benzene rings is 2. The van der Waals surface area contributed by atoms with Gasteiger partial charge in [0, 0.05) is 32.3 Å². The second-order valence-corrected chi connectivity index (χ2v) is 9.28. The summed E-state index contributed by atoms with van der Waals surface area (Å²) in [6.45, 7) is 1.72. The van der Waals surface area contributed by atoms with E-state index in [1.165, 1.54) is 34.0 Å². The third kappa shape index (κ3) is 5.03. The second-order valence-electron chi connectivity index (χ2n) is 9.28. The standard InChI is InChI=1S/C30H26FN3O6/c1-4-38-30(37)23-27(39-17-19-8-6-5-7-9-19)24-25-26(20(15-32-24)14-18-10-12-21(31)13-11-18)40-22(28(35)33(2)3)16-34(25)29(23)36/h5-13,15-16H,4,14,17H2,1-3H3. The van der Waals surface area contributed by atoms with E-state index in [0.29, 0.717) is 5.56 Å². The number of aromatic nitrogens is 2. The van der Waals surface area contributed by atoms with Gasteiger partial charge in [0.15, 0.2) is 17.1 Å². The highest BCUT2D eigenvalue weighted by Crippen LogP contribution is 2.39. The molecule has 2 aromatic heterocycles. The van der Waals surface area contributed by atoms with Crippen LogP contribution in [0.1, 0.15) is 34.0 Å². The number of carbonyl (C=O) groups excluding carboxylic acids is 2. The van der Waals surface area contributed by atoms with Crippen molar-refractivity contribution in [2.24, 2.45) is 0 Å². The molecule has 40 heavy (non-hydrogen) atoms. The molecule has 4 aromatic rings. The van der Waals surface area contributed by atoms with E-state index in [9.17, 15) is 18.8 Å². The SMILES string of the molecule is CCOC(=O)c1c(OCc2ccccc2)c2ncc(Cc3ccc(F)cc3)c3c2n(c1=O)C=C(C(=O)N(C)C)O3. The Kier molecular flexibility index (Phi) is 7.33. The molecule has 0 fully saturated rings. The first-order valence-corrected chi connectivity index (χ1v) is 12.6. The second kappa shape index (κ2) is 11.0. The summed E-state index contributed by atoms with van der Waals surface area (Å²) >= 11 is 0. The number of hydrogen-bond acceptors (Lipinski definition) is 7. The highest BCUT2D eigenvalue weighted by molar-refractivity contribution is 6.03.